The summed E-state index contributed by atoms with van der Waals surface area (Å²) in [5.41, 5.74) is 0. The van der Waals surface area contributed by atoms with Crippen LogP contribution in [0.3, 0.4) is 0 Å². The van der Waals surface area contributed by atoms with E-state index in [1.54, 1.807) is 12.1 Å². The fourth-order valence-corrected chi connectivity index (χ4v) is 5.55. The number of benzene rings is 1. The summed E-state index contributed by atoms with van der Waals surface area (Å²) in [6.45, 7) is 1.69. The minimum Gasteiger partial charge on any atom is -0.491 e. The Bertz CT molecular complexity index is 915. The van der Waals surface area contributed by atoms with Crippen molar-refractivity contribution < 1.29 is 47.8 Å². The highest BCUT2D eigenvalue weighted by atomic mass is 19.1. The molecule has 10 heteroatoms. The van der Waals surface area contributed by atoms with Crippen molar-refractivity contribution in [3.63, 3.8) is 0 Å². The lowest BCUT2D eigenvalue weighted by Gasteiger charge is -2.32. The molecule has 2 N–H and O–H groups in total. The average molecular weight is 581 g/mol. The van der Waals surface area contributed by atoms with Crippen LogP contribution in [0.2, 0.25) is 0 Å². The molecule has 0 aromatic heterocycles. The quantitative estimate of drug-likeness (QED) is 0.206. The monoisotopic (exact) mass is 580 g/mol. The van der Waals surface area contributed by atoms with Crippen molar-refractivity contribution in [3.8, 4) is 5.75 Å². The zero-order chi connectivity index (χ0) is 28.9. The normalized spacial score (nSPS) is 29.5. The molecular weight excluding hydrogens is 535 g/mol. The van der Waals surface area contributed by atoms with E-state index >= 15 is 0 Å². The summed E-state index contributed by atoms with van der Waals surface area (Å²) in [4.78, 5) is 10.8. The molecule has 1 aromatic carbocycles. The third kappa shape index (κ3) is 10.9. The van der Waals surface area contributed by atoms with Crippen LogP contribution < -0.4 is 4.74 Å². The Labute approximate surface area is 241 Å². The second kappa shape index (κ2) is 17.1. The number of aliphatic hydroxyl groups excluding tert-OH is 1. The predicted octanol–water partition coefficient (Wildman–Crippen LogP) is 5.00. The van der Waals surface area contributed by atoms with Crippen LogP contribution in [0.4, 0.5) is 4.39 Å². The van der Waals surface area contributed by atoms with E-state index in [2.05, 4.69) is 0 Å². The van der Waals surface area contributed by atoms with Gasteiger partial charge in [0.15, 0.2) is 12.6 Å². The highest BCUT2D eigenvalue weighted by Crippen LogP contribution is 2.36. The molecule has 0 radical (unpaired) electrons. The van der Waals surface area contributed by atoms with E-state index in [1.165, 1.54) is 12.1 Å². The van der Waals surface area contributed by atoms with Crippen molar-refractivity contribution in [2.45, 2.75) is 108 Å². The van der Waals surface area contributed by atoms with Crippen LogP contribution in [-0.2, 0) is 28.5 Å². The predicted molar refractivity (Wildman–Crippen MR) is 148 cm³/mol. The molecule has 2 saturated heterocycles. The SMILES string of the molecule is O=C(O)CCC/C=C/CC1C(O)CC(OC2CCCCO2)C1OCC(COc1ccc(F)cc1)OC1CCCCO1. The second-order valence-electron chi connectivity index (χ2n) is 11.0. The van der Waals surface area contributed by atoms with Crippen molar-refractivity contribution >= 4 is 5.97 Å². The molecule has 230 valence electrons. The molecule has 7 atom stereocenters. The molecule has 41 heavy (non-hydrogen) atoms. The maximum Gasteiger partial charge on any atom is 0.303 e. The molecule has 3 aliphatic rings. The first-order chi connectivity index (χ1) is 20.0. The first kappa shape index (κ1) is 31.8. The Morgan fingerprint density at radius 1 is 1.02 bits per heavy atom. The third-order valence-electron chi connectivity index (χ3n) is 7.76. The van der Waals surface area contributed by atoms with E-state index < -0.39 is 24.3 Å². The minimum atomic E-state index is -0.804. The number of hydrogen-bond donors (Lipinski definition) is 2. The van der Waals surface area contributed by atoms with Gasteiger partial charge >= 0.3 is 5.97 Å². The fourth-order valence-electron chi connectivity index (χ4n) is 5.55. The van der Waals surface area contributed by atoms with Crippen LogP contribution in [0.15, 0.2) is 36.4 Å². The molecule has 7 unspecified atom stereocenters. The zero-order valence-electron chi connectivity index (χ0n) is 23.7. The van der Waals surface area contributed by atoms with E-state index in [0.29, 0.717) is 44.6 Å². The van der Waals surface area contributed by atoms with Crippen LogP contribution in [0.25, 0.3) is 0 Å². The molecule has 2 heterocycles. The summed E-state index contributed by atoms with van der Waals surface area (Å²) in [6, 6.07) is 5.84. The topological polar surface area (TPSA) is 113 Å². The van der Waals surface area contributed by atoms with Crippen molar-refractivity contribution in [2.75, 3.05) is 26.4 Å². The number of hydrogen-bond acceptors (Lipinski definition) is 8. The van der Waals surface area contributed by atoms with Gasteiger partial charge in [0, 0.05) is 32.0 Å². The molecule has 2 aliphatic heterocycles. The van der Waals surface area contributed by atoms with Gasteiger partial charge in [-0.05, 0) is 82.1 Å². The summed E-state index contributed by atoms with van der Waals surface area (Å²) in [5, 5.41) is 19.9. The fraction of sp³-hybridized carbons (Fsp3) is 0.710. The molecular formula is C31H45FO9. The number of carbonyl (C=O) groups is 1. The van der Waals surface area contributed by atoms with Crippen LogP contribution >= 0.6 is 0 Å². The van der Waals surface area contributed by atoms with Crippen molar-refractivity contribution in [1.82, 2.24) is 0 Å². The van der Waals surface area contributed by atoms with Gasteiger partial charge in [0.1, 0.15) is 24.3 Å². The van der Waals surface area contributed by atoms with E-state index in [0.717, 1.165) is 38.5 Å². The van der Waals surface area contributed by atoms with Crippen LogP contribution in [0.1, 0.15) is 70.6 Å². The van der Waals surface area contributed by atoms with Crippen LogP contribution in [0.5, 0.6) is 5.75 Å². The van der Waals surface area contributed by atoms with Gasteiger partial charge in [0.2, 0.25) is 0 Å². The number of allylic oxidation sites excluding steroid dienone is 2. The minimum absolute atomic E-state index is 0.130. The largest absolute Gasteiger partial charge is 0.491 e. The zero-order valence-corrected chi connectivity index (χ0v) is 23.7. The van der Waals surface area contributed by atoms with Gasteiger partial charge in [-0.2, -0.15) is 0 Å². The third-order valence-corrected chi connectivity index (χ3v) is 7.76. The molecule has 1 aromatic rings. The lowest BCUT2D eigenvalue weighted by Crippen LogP contribution is -2.40. The highest BCUT2D eigenvalue weighted by molar-refractivity contribution is 5.66. The second-order valence-corrected chi connectivity index (χ2v) is 11.0. The number of halogens is 1. The molecule has 0 bridgehead atoms. The molecule has 1 aliphatic carbocycles. The number of ether oxygens (including phenoxy) is 6. The first-order valence-electron chi connectivity index (χ1n) is 15.1. The van der Waals surface area contributed by atoms with Crippen molar-refractivity contribution in [1.29, 1.82) is 0 Å². The molecule has 4 rings (SSSR count). The Balaban J connectivity index is 1.40. The summed E-state index contributed by atoms with van der Waals surface area (Å²) in [6.07, 6.45) is 9.51. The Kier molecular flexibility index (Phi) is 13.3. The van der Waals surface area contributed by atoms with E-state index in [-0.39, 0.29) is 50.1 Å². The van der Waals surface area contributed by atoms with Crippen molar-refractivity contribution in [2.24, 2.45) is 5.92 Å². The molecule has 0 spiro atoms. The van der Waals surface area contributed by atoms with Gasteiger partial charge in [-0.3, -0.25) is 4.79 Å². The summed E-state index contributed by atoms with van der Waals surface area (Å²) in [5.74, 6) is -0.813. The summed E-state index contributed by atoms with van der Waals surface area (Å²) in [7, 11) is 0. The number of unbranched alkanes of at least 4 members (excludes halogenated alkanes) is 1. The van der Waals surface area contributed by atoms with Gasteiger partial charge in [0.25, 0.3) is 0 Å². The number of aliphatic carboxylic acids is 1. The van der Waals surface area contributed by atoms with E-state index in [1.807, 2.05) is 12.2 Å². The van der Waals surface area contributed by atoms with Crippen LogP contribution in [-0.4, -0.2) is 79.6 Å². The number of carboxylic acid groups (broad SMARTS) is 1. The maximum atomic E-state index is 13.4. The summed E-state index contributed by atoms with van der Waals surface area (Å²) >= 11 is 0. The van der Waals surface area contributed by atoms with E-state index in [9.17, 15) is 14.3 Å². The average Bonchev–Trinajstić information content (AvgIpc) is 3.27. The maximum absolute atomic E-state index is 13.4. The molecule has 9 nitrogen and oxygen atoms in total. The molecule has 0 amide bonds. The van der Waals surface area contributed by atoms with Gasteiger partial charge < -0.3 is 38.6 Å². The molecule has 1 saturated carbocycles. The Morgan fingerprint density at radius 2 is 1.76 bits per heavy atom. The number of rotatable bonds is 16. The van der Waals surface area contributed by atoms with Crippen LogP contribution in [0, 0.1) is 11.7 Å². The van der Waals surface area contributed by atoms with Gasteiger partial charge in [-0.25, -0.2) is 4.39 Å². The first-order valence-corrected chi connectivity index (χ1v) is 15.1. The van der Waals surface area contributed by atoms with Crippen molar-refractivity contribution in [3.05, 3.63) is 42.2 Å². The Hall–Kier alpha value is -2.08. The Morgan fingerprint density at radius 3 is 2.44 bits per heavy atom. The van der Waals surface area contributed by atoms with E-state index in [4.69, 9.17) is 33.5 Å². The van der Waals surface area contributed by atoms with Gasteiger partial charge in [-0.15, -0.1) is 0 Å². The highest BCUT2D eigenvalue weighted by Gasteiger charge is 2.45. The molecule has 3 fully saturated rings. The lowest BCUT2D eigenvalue weighted by atomic mass is 9.98. The lowest BCUT2D eigenvalue weighted by molar-refractivity contribution is -0.226. The van der Waals surface area contributed by atoms with Gasteiger partial charge in [0.05, 0.1) is 24.9 Å². The van der Waals surface area contributed by atoms with Gasteiger partial charge in [-0.1, -0.05) is 12.2 Å². The standard InChI is InChI=1S/C31H45FO9/c32-22-13-15-23(16-14-22)38-20-24(40-29-11-5-7-17-36-29)21-39-31-25(9-3-1-2-4-10-28(34)35)26(33)19-27(31)41-30-12-6-8-18-37-30/h1,3,13-16,24-27,29-31,33H,2,4-12,17-21H2,(H,34,35)/b3-1+. The number of aliphatic hydroxyl groups is 1. The smallest absolute Gasteiger partial charge is 0.303 e. The number of carboxylic acids is 1. The summed E-state index contributed by atoms with van der Waals surface area (Å²) < 4.78 is 50.0.